The Morgan fingerprint density at radius 1 is 1.44 bits per heavy atom. The summed E-state index contributed by atoms with van der Waals surface area (Å²) in [7, 11) is 0. The molecule has 3 nitrogen and oxygen atoms in total. The third-order valence-electron chi connectivity index (χ3n) is 2.68. The standard InChI is InChI=1S/C13H19NO2/c1-9-4-5-12(10(2)8-9)11(3)14-7-6-13(15)16/h4-5,8,11,14H,6-7H2,1-3H3,(H,15,16). The third kappa shape index (κ3) is 3.66. The fourth-order valence-corrected chi connectivity index (χ4v) is 1.82. The number of carboxylic acids is 1. The maximum atomic E-state index is 10.4. The Bertz CT molecular complexity index is 374. The van der Waals surface area contributed by atoms with Crippen LogP contribution >= 0.6 is 0 Å². The van der Waals surface area contributed by atoms with Crippen molar-refractivity contribution >= 4 is 5.97 Å². The highest BCUT2D eigenvalue weighted by molar-refractivity contribution is 5.66. The Kier molecular flexibility index (Phi) is 4.50. The zero-order chi connectivity index (χ0) is 12.1. The molecule has 1 aromatic rings. The molecule has 0 aliphatic rings. The van der Waals surface area contributed by atoms with Crippen molar-refractivity contribution in [3.8, 4) is 0 Å². The van der Waals surface area contributed by atoms with Gasteiger partial charge in [0.2, 0.25) is 0 Å². The van der Waals surface area contributed by atoms with E-state index in [9.17, 15) is 4.79 Å². The van der Waals surface area contributed by atoms with Crippen molar-refractivity contribution < 1.29 is 9.90 Å². The summed E-state index contributed by atoms with van der Waals surface area (Å²) in [6.07, 6.45) is 0.162. The normalized spacial score (nSPS) is 12.4. The Balaban J connectivity index is 2.58. The quantitative estimate of drug-likeness (QED) is 0.802. The lowest BCUT2D eigenvalue weighted by atomic mass is 10.0. The minimum Gasteiger partial charge on any atom is -0.481 e. The molecule has 16 heavy (non-hydrogen) atoms. The van der Waals surface area contributed by atoms with E-state index in [0.29, 0.717) is 6.54 Å². The number of aryl methyl sites for hydroxylation is 2. The van der Waals surface area contributed by atoms with Gasteiger partial charge in [-0.1, -0.05) is 23.8 Å². The van der Waals surface area contributed by atoms with Crippen molar-refractivity contribution in [2.75, 3.05) is 6.54 Å². The van der Waals surface area contributed by atoms with E-state index in [2.05, 4.69) is 44.3 Å². The van der Waals surface area contributed by atoms with Gasteiger partial charge in [-0.05, 0) is 31.9 Å². The molecule has 1 unspecified atom stereocenters. The van der Waals surface area contributed by atoms with Gasteiger partial charge in [-0.25, -0.2) is 0 Å². The van der Waals surface area contributed by atoms with Crippen LogP contribution in [0.3, 0.4) is 0 Å². The predicted octanol–water partition coefficient (Wildman–Crippen LogP) is 2.43. The van der Waals surface area contributed by atoms with Crippen LogP contribution in [0.4, 0.5) is 0 Å². The van der Waals surface area contributed by atoms with Crippen LogP contribution in [0.5, 0.6) is 0 Å². The molecule has 0 heterocycles. The molecule has 0 saturated carbocycles. The van der Waals surface area contributed by atoms with Gasteiger partial charge in [0, 0.05) is 12.6 Å². The number of carbonyl (C=O) groups is 1. The van der Waals surface area contributed by atoms with E-state index in [4.69, 9.17) is 5.11 Å². The number of rotatable bonds is 5. The van der Waals surface area contributed by atoms with Crippen LogP contribution in [0.25, 0.3) is 0 Å². The van der Waals surface area contributed by atoms with Gasteiger partial charge >= 0.3 is 5.97 Å². The monoisotopic (exact) mass is 221 g/mol. The molecule has 0 aliphatic heterocycles. The average molecular weight is 221 g/mol. The summed E-state index contributed by atoms with van der Waals surface area (Å²) in [5, 5.41) is 11.8. The van der Waals surface area contributed by atoms with Crippen LogP contribution in [0.2, 0.25) is 0 Å². The second-order valence-corrected chi connectivity index (χ2v) is 4.18. The molecule has 1 atom stereocenters. The molecule has 2 N–H and O–H groups in total. The van der Waals surface area contributed by atoms with Crippen LogP contribution in [-0.4, -0.2) is 17.6 Å². The average Bonchev–Trinajstić information content (AvgIpc) is 2.16. The van der Waals surface area contributed by atoms with Gasteiger partial charge in [-0.2, -0.15) is 0 Å². The molecule has 3 heteroatoms. The zero-order valence-corrected chi connectivity index (χ0v) is 10.1. The topological polar surface area (TPSA) is 49.3 Å². The summed E-state index contributed by atoms with van der Waals surface area (Å²) in [6, 6.07) is 6.52. The zero-order valence-electron chi connectivity index (χ0n) is 10.1. The van der Waals surface area contributed by atoms with Crippen LogP contribution in [0, 0.1) is 13.8 Å². The van der Waals surface area contributed by atoms with Gasteiger partial charge in [0.15, 0.2) is 0 Å². The van der Waals surface area contributed by atoms with Crippen molar-refractivity contribution in [2.24, 2.45) is 0 Å². The fourth-order valence-electron chi connectivity index (χ4n) is 1.82. The molecule has 0 spiro atoms. The minimum atomic E-state index is -0.764. The maximum absolute atomic E-state index is 10.4. The third-order valence-corrected chi connectivity index (χ3v) is 2.68. The first-order valence-electron chi connectivity index (χ1n) is 5.53. The van der Waals surface area contributed by atoms with Crippen molar-refractivity contribution in [2.45, 2.75) is 33.2 Å². The van der Waals surface area contributed by atoms with Crippen molar-refractivity contribution in [1.29, 1.82) is 0 Å². The summed E-state index contributed by atoms with van der Waals surface area (Å²) in [5.74, 6) is -0.764. The largest absolute Gasteiger partial charge is 0.481 e. The number of benzene rings is 1. The second-order valence-electron chi connectivity index (χ2n) is 4.18. The number of hydrogen-bond donors (Lipinski definition) is 2. The molecular weight excluding hydrogens is 202 g/mol. The highest BCUT2D eigenvalue weighted by Gasteiger charge is 2.08. The van der Waals surface area contributed by atoms with Gasteiger partial charge in [0.1, 0.15) is 0 Å². The highest BCUT2D eigenvalue weighted by Crippen LogP contribution is 2.18. The highest BCUT2D eigenvalue weighted by atomic mass is 16.4. The molecular formula is C13H19NO2. The summed E-state index contributed by atoms with van der Waals surface area (Å²) in [5.41, 5.74) is 3.73. The van der Waals surface area contributed by atoms with Crippen molar-refractivity contribution in [3.05, 3.63) is 34.9 Å². The fraction of sp³-hybridized carbons (Fsp3) is 0.462. The Morgan fingerprint density at radius 2 is 2.12 bits per heavy atom. The number of hydrogen-bond acceptors (Lipinski definition) is 2. The van der Waals surface area contributed by atoms with Gasteiger partial charge in [-0.3, -0.25) is 4.79 Å². The Labute approximate surface area is 96.5 Å². The van der Waals surface area contributed by atoms with E-state index in [1.54, 1.807) is 0 Å². The Hall–Kier alpha value is -1.35. The summed E-state index contributed by atoms with van der Waals surface area (Å²) in [6.45, 7) is 6.71. The van der Waals surface area contributed by atoms with Crippen molar-refractivity contribution in [3.63, 3.8) is 0 Å². The smallest absolute Gasteiger partial charge is 0.304 e. The molecule has 0 saturated heterocycles. The number of aliphatic carboxylic acids is 1. The number of carboxylic acid groups (broad SMARTS) is 1. The van der Waals surface area contributed by atoms with Crippen LogP contribution < -0.4 is 5.32 Å². The minimum absolute atomic E-state index is 0.162. The van der Waals surface area contributed by atoms with E-state index in [1.807, 2.05) is 0 Å². The van der Waals surface area contributed by atoms with Gasteiger partial charge in [0.25, 0.3) is 0 Å². The summed E-state index contributed by atoms with van der Waals surface area (Å²) in [4.78, 5) is 10.4. The van der Waals surface area contributed by atoms with E-state index in [1.165, 1.54) is 16.7 Å². The van der Waals surface area contributed by atoms with E-state index in [-0.39, 0.29) is 12.5 Å². The summed E-state index contributed by atoms with van der Waals surface area (Å²) >= 11 is 0. The lowest BCUT2D eigenvalue weighted by molar-refractivity contribution is -0.136. The van der Waals surface area contributed by atoms with Gasteiger partial charge in [-0.15, -0.1) is 0 Å². The molecule has 0 amide bonds. The van der Waals surface area contributed by atoms with E-state index < -0.39 is 5.97 Å². The van der Waals surface area contributed by atoms with Crippen molar-refractivity contribution in [1.82, 2.24) is 5.32 Å². The second kappa shape index (κ2) is 5.66. The predicted molar refractivity (Wildman–Crippen MR) is 64.6 cm³/mol. The molecule has 0 bridgehead atoms. The Morgan fingerprint density at radius 3 is 2.69 bits per heavy atom. The molecule has 0 radical (unpaired) electrons. The molecule has 88 valence electrons. The molecule has 1 rings (SSSR count). The van der Waals surface area contributed by atoms with Crippen LogP contribution in [0.15, 0.2) is 18.2 Å². The van der Waals surface area contributed by atoms with Gasteiger partial charge in [0.05, 0.1) is 6.42 Å². The molecule has 0 aliphatic carbocycles. The van der Waals surface area contributed by atoms with E-state index >= 15 is 0 Å². The van der Waals surface area contributed by atoms with E-state index in [0.717, 1.165) is 0 Å². The first-order valence-corrected chi connectivity index (χ1v) is 5.53. The SMILES string of the molecule is Cc1ccc(C(C)NCCC(=O)O)c(C)c1. The summed E-state index contributed by atoms with van der Waals surface area (Å²) < 4.78 is 0. The van der Waals surface area contributed by atoms with Crippen LogP contribution in [-0.2, 0) is 4.79 Å². The number of nitrogens with one attached hydrogen (secondary N) is 1. The molecule has 1 aromatic carbocycles. The molecule has 0 aromatic heterocycles. The lowest BCUT2D eigenvalue weighted by Crippen LogP contribution is -2.22. The first-order chi connectivity index (χ1) is 7.50. The van der Waals surface area contributed by atoms with Crippen LogP contribution in [0.1, 0.15) is 36.1 Å². The first kappa shape index (κ1) is 12.7. The van der Waals surface area contributed by atoms with Gasteiger partial charge < -0.3 is 10.4 Å². The molecule has 0 fully saturated rings. The maximum Gasteiger partial charge on any atom is 0.304 e. The lowest BCUT2D eigenvalue weighted by Gasteiger charge is -2.16.